The highest BCUT2D eigenvalue weighted by molar-refractivity contribution is 5.69. The summed E-state index contributed by atoms with van der Waals surface area (Å²) in [7, 11) is 0.939. The number of rotatable bonds is 6. The second kappa shape index (κ2) is 7.05. The molecule has 2 atom stereocenters. The number of methoxy groups -OCH3 is 1. The van der Waals surface area contributed by atoms with Crippen LogP contribution in [0.1, 0.15) is 12.0 Å². The van der Waals surface area contributed by atoms with Gasteiger partial charge in [-0.15, -0.1) is 0 Å². The fraction of sp³-hybridized carbons (Fsp3) is 0.462. The molecule has 0 saturated heterocycles. The van der Waals surface area contributed by atoms with Crippen LogP contribution in [0.5, 0.6) is 0 Å². The van der Waals surface area contributed by atoms with E-state index in [1.807, 2.05) is 0 Å². The van der Waals surface area contributed by atoms with Crippen molar-refractivity contribution in [2.75, 3.05) is 7.11 Å². The van der Waals surface area contributed by atoms with Gasteiger partial charge in [0.15, 0.2) is 0 Å². The topological polar surface area (TPSA) is 69.4 Å². The molecule has 0 heterocycles. The summed E-state index contributed by atoms with van der Waals surface area (Å²) in [4.78, 5) is 21.1. The molecule has 1 aromatic carbocycles. The van der Waals surface area contributed by atoms with Crippen LogP contribution < -0.4 is 0 Å². The average molecular weight is 305 g/mol. The van der Waals surface area contributed by atoms with Gasteiger partial charge in [0.2, 0.25) is 6.04 Å². The van der Waals surface area contributed by atoms with Crippen LogP contribution in [0.25, 0.3) is 0 Å². The van der Waals surface area contributed by atoms with E-state index >= 15 is 0 Å². The number of hydrogen-bond donors (Lipinski definition) is 0. The van der Waals surface area contributed by atoms with Crippen molar-refractivity contribution >= 4 is 5.97 Å². The fourth-order valence-electron chi connectivity index (χ4n) is 1.95. The maximum atomic E-state index is 13.0. The predicted molar refractivity (Wildman–Crippen MR) is 67.1 cm³/mol. The van der Waals surface area contributed by atoms with E-state index in [1.165, 1.54) is 12.1 Å². The van der Waals surface area contributed by atoms with Crippen LogP contribution in [0.15, 0.2) is 30.3 Å². The van der Waals surface area contributed by atoms with E-state index in [2.05, 4.69) is 4.74 Å². The second-order valence-electron chi connectivity index (χ2n) is 4.47. The van der Waals surface area contributed by atoms with Crippen LogP contribution in [0.4, 0.5) is 13.2 Å². The first-order chi connectivity index (χ1) is 9.75. The summed E-state index contributed by atoms with van der Waals surface area (Å²) in [6, 6.07) is 5.88. The number of nitrogens with zero attached hydrogens (tertiary/aromatic N) is 1. The molecule has 0 radical (unpaired) electrons. The van der Waals surface area contributed by atoms with Gasteiger partial charge in [0.25, 0.3) is 0 Å². The number of benzene rings is 1. The summed E-state index contributed by atoms with van der Waals surface area (Å²) < 4.78 is 43.2. The normalized spacial score (nSPS) is 14.3. The first kappa shape index (κ1) is 16.9. The zero-order chi connectivity index (χ0) is 16.0. The van der Waals surface area contributed by atoms with Crippen LogP contribution >= 0.6 is 0 Å². The van der Waals surface area contributed by atoms with Gasteiger partial charge in [0, 0.05) is 11.3 Å². The van der Waals surface area contributed by atoms with Gasteiger partial charge in [-0.25, -0.2) is 0 Å². The standard InChI is InChI=1S/C13H14F3NO4/c1-21-12(18)8-10(13(14,15)16)11(17(19)20)7-9-5-3-2-4-6-9/h2-6,10-11H,7-8H2,1H3. The molecular weight excluding hydrogens is 291 g/mol. The van der Waals surface area contributed by atoms with E-state index in [0.29, 0.717) is 5.56 Å². The highest BCUT2D eigenvalue weighted by Crippen LogP contribution is 2.34. The van der Waals surface area contributed by atoms with Gasteiger partial charge < -0.3 is 4.74 Å². The van der Waals surface area contributed by atoms with Crippen molar-refractivity contribution in [3.63, 3.8) is 0 Å². The van der Waals surface area contributed by atoms with Crippen molar-refractivity contribution in [2.24, 2.45) is 5.92 Å². The van der Waals surface area contributed by atoms with Crippen LogP contribution in [0.3, 0.4) is 0 Å². The van der Waals surface area contributed by atoms with E-state index in [0.717, 1.165) is 7.11 Å². The van der Waals surface area contributed by atoms with Crippen molar-refractivity contribution in [2.45, 2.75) is 25.1 Å². The molecule has 0 aromatic heterocycles. The Hall–Kier alpha value is -2.12. The largest absolute Gasteiger partial charge is 0.469 e. The molecule has 21 heavy (non-hydrogen) atoms. The Labute approximate surface area is 118 Å². The SMILES string of the molecule is COC(=O)CC(C(Cc1ccccc1)[N+](=O)[O-])C(F)(F)F. The lowest BCUT2D eigenvalue weighted by Gasteiger charge is -2.22. The Morgan fingerprint density at radius 1 is 1.33 bits per heavy atom. The summed E-state index contributed by atoms with van der Waals surface area (Å²) in [6.07, 6.45) is -6.34. The highest BCUT2D eigenvalue weighted by atomic mass is 19.4. The lowest BCUT2D eigenvalue weighted by molar-refractivity contribution is -0.541. The molecule has 8 heteroatoms. The first-order valence-electron chi connectivity index (χ1n) is 6.06. The molecule has 0 saturated carbocycles. The van der Waals surface area contributed by atoms with Crippen LogP contribution in [0.2, 0.25) is 0 Å². The van der Waals surface area contributed by atoms with Gasteiger partial charge in [0.1, 0.15) is 5.92 Å². The lowest BCUT2D eigenvalue weighted by Crippen LogP contribution is -2.42. The number of hydrogen-bond acceptors (Lipinski definition) is 4. The summed E-state index contributed by atoms with van der Waals surface area (Å²) in [5.41, 5.74) is 0.401. The molecule has 1 aromatic rings. The average Bonchev–Trinajstić information content (AvgIpc) is 2.42. The zero-order valence-corrected chi connectivity index (χ0v) is 11.2. The molecule has 0 aliphatic rings. The molecule has 0 aliphatic heterocycles. The minimum atomic E-state index is -4.86. The lowest BCUT2D eigenvalue weighted by atomic mass is 9.90. The molecule has 0 bridgehead atoms. The molecule has 0 amide bonds. The number of halogens is 3. The van der Waals surface area contributed by atoms with Gasteiger partial charge in [-0.3, -0.25) is 14.9 Å². The van der Waals surface area contributed by atoms with Crippen molar-refractivity contribution in [1.29, 1.82) is 0 Å². The number of esters is 1. The van der Waals surface area contributed by atoms with Crippen LogP contribution in [-0.4, -0.2) is 30.2 Å². The molecule has 5 nitrogen and oxygen atoms in total. The van der Waals surface area contributed by atoms with Crippen molar-refractivity contribution in [1.82, 2.24) is 0 Å². The first-order valence-corrected chi connectivity index (χ1v) is 6.06. The number of carbonyl (C=O) groups is 1. The Morgan fingerprint density at radius 2 is 1.90 bits per heavy atom. The van der Waals surface area contributed by atoms with E-state index < -0.39 is 41.9 Å². The van der Waals surface area contributed by atoms with E-state index in [9.17, 15) is 28.1 Å². The van der Waals surface area contributed by atoms with E-state index in [4.69, 9.17) is 0 Å². The molecule has 1 rings (SSSR count). The van der Waals surface area contributed by atoms with Crippen LogP contribution in [0, 0.1) is 16.0 Å². The van der Waals surface area contributed by atoms with Crippen molar-refractivity contribution in [3.05, 3.63) is 46.0 Å². The Bertz CT molecular complexity index is 490. The Balaban J connectivity index is 3.02. The summed E-state index contributed by atoms with van der Waals surface area (Å²) in [6.45, 7) is 0. The minimum absolute atomic E-state index is 0.401. The highest BCUT2D eigenvalue weighted by Gasteiger charge is 2.51. The maximum Gasteiger partial charge on any atom is 0.398 e. The Kier molecular flexibility index (Phi) is 5.69. The predicted octanol–water partition coefficient (Wildman–Crippen LogP) is 2.62. The number of ether oxygens (including phenoxy) is 1. The number of alkyl halides is 3. The monoisotopic (exact) mass is 305 g/mol. The molecule has 2 unspecified atom stereocenters. The van der Waals surface area contributed by atoms with E-state index in [-0.39, 0.29) is 0 Å². The molecule has 0 N–H and O–H groups in total. The third kappa shape index (κ3) is 5.05. The third-order valence-corrected chi connectivity index (χ3v) is 3.06. The van der Waals surface area contributed by atoms with Gasteiger partial charge in [-0.1, -0.05) is 30.3 Å². The summed E-state index contributed by atoms with van der Waals surface area (Å²) in [5, 5.41) is 11.0. The summed E-state index contributed by atoms with van der Waals surface area (Å²) in [5.74, 6) is -3.52. The number of carbonyl (C=O) groups excluding carboxylic acids is 1. The third-order valence-electron chi connectivity index (χ3n) is 3.06. The number of nitro groups is 1. The molecular formula is C13H14F3NO4. The zero-order valence-electron chi connectivity index (χ0n) is 11.2. The van der Waals surface area contributed by atoms with Crippen molar-refractivity contribution < 1.29 is 27.6 Å². The minimum Gasteiger partial charge on any atom is -0.469 e. The van der Waals surface area contributed by atoms with Gasteiger partial charge >= 0.3 is 12.1 Å². The second-order valence-corrected chi connectivity index (χ2v) is 4.47. The van der Waals surface area contributed by atoms with E-state index in [1.54, 1.807) is 18.2 Å². The fourth-order valence-corrected chi connectivity index (χ4v) is 1.95. The quantitative estimate of drug-likeness (QED) is 0.460. The van der Waals surface area contributed by atoms with Crippen LogP contribution in [-0.2, 0) is 16.0 Å². The van der Waals surface area contributed by atoms with Crippen molar-refractivity contribution in [3.8, 4) is 0 Å². The molecule has 0 aliphatic carbocycles. The van der Waals surface area contributed by atoms with Gasteiger partial charge in [-0.05, 0) is 5.56 Å². The van der Waals surface area contributed by atoms with Gasteiger partial charge in [0.05, 0.1) is 13.5 Å². The van der Waals surface area contributed by atoms with Gasteiger partial charge in [-0.2, -0.15) is 13.2 Å². The smallest absolute Gasteiger partial charge is 0.398 e. The maximum absolute atomic E-state index is 13.0. The molecule has 0 spiro atoms. The summed E-state index contributed by atoms with van der Waals surface area (Å²) >= 11 is 0. The molecule has 116 valence electrons. The molecule has 0 fully saturated rings. The Morgan fingerprint density at radius 3 is 2.33 bits per heavy atom.